The molecular weight excluding hydrogens is 282 g/mol. The Morgan fingerprint density at radius 1 is 1.05 bits per heavy atom. The molecule has 0 heterocycles. The number of hydrogen-bond acceptors (Lipinski definition) is 2. The third-order valence-corrected chi connectivity index (χ3v) is 5.02. The molecule has 0 saturated carbocycles. The molecule has 0 atom stereocenters. The first-order valence-corrected chi connectivity index (χ1v) is 8.52. The molecule has 0 amide bonds. The minimum absolute atomic E-state index is 0.300. The largest absolute Gasteiger partial charge is 0.241 e. The van der Waals surface area contributed by atoms with Crippen molar-refractivity contribution in [3.8, 4) is 0 Å². The van der Waals surface area contributed by atoms with Crippen LogP contribution in [-0.4, -0.2) is 8.42 Å². The summed E-state index contributed by atoms with van der Waals surface area (Å²) < 4.78 is 27.7. The maximum Gasteiger partial charge on any atom is 0.241 e. The van der Waals surface area contributed by atoms with Gasteiger partial charge in [-0.25, -0.2) is 13.1 Å². The molecule has 4 heteroatoms. The third kappa shape index (κ3) is 3.93. The Morgan fingerprint density at radius 2 is 1.71 bits per heavy atom. The van der Waals surface area contributed by atoms with Crippen LogP contribution in [0.25, 0.3) is 0 Å². The molecule has 0 aliphatic rings. The Bertz CT molecular complexity index is 707. The summed E-state index contributed by atoms with van der Waals surface area (Å²) in [6, 6.07) is 15.1. The van der Waals surface area contributed by atoms with Gasteiger partial charge in [0.1, 0.15) is 0 Å². The van der Waals surface area contributed by atoms with Gasteiger partial charge in [-0.05, 0) is 35.6 Å². The number of hydrogen-bond donors (Lipinski definition) is 1. The maximum atomic E-state index is 12.5. The van der Waals surface area contributed by atoms with Crippen LogP contribution in [0.5, 0.6) is 0 Å². The van der Waals surface area contributed by atoms with Crippen LogP contribution >= 0.6 is 0 Å². The Kier molecular flexibility index (Phi) is 4.80. The van der Waals surface area contributed by atoms with Crippen molar-refractivity contribution in [1.29, 1.82) is 0 Å². The lowest BCUT2D eigenvalue weighted by molar-refractivity contribution is 0.580. The molecule has 2 rings (SSSR count). The van der Waals surface area contributed by atoms with E-state index in [1.807, 2.05) is 49.4 Å². The molecule has 2 aromatic rings. The normalized spacial score (nSPS) is 11.8. The van der Waals surface area contributed by atoms with Crippen molar-refractivity contribution in [1.82, 2.24) is 4.72 Å². The highest BCUT2D eigenvalue weighted by Crippen LogP contribution is 2.22. The van der Waals surface area contributed by atoms with Gasteiger partial charge in [-0.2, -0.15) is 0 Å². The zero-order valence-corrected chi connectivity index (χ0v) is 13.4. The summed E-state index contributed by atoms with van der Waals surface area (Å²) in [6.07, 6.45) is 0. The molecule has 2 aromatic carbocycles. The van der Waals surface area contributed by atoms with Crippen molar-refractivity contribution in [2.75, 3.05) is 0 Å². The second-order valence-electron chi connectivity index (χ2n) is 5.49. The molecule has 0 radical (unpaired) electrons. The molecule has 1 N–H and O–H groups in total. The van der Waals surface area contributed by atoms with Crippen LogP contribution in [0.15, 0.2) is 53.4 Å². The highest BCUT2D eigenvalue weighted by atomic mass is 32.2. The Labute approximate surface area is 127 Å². The molecule has 0 unspecified atom stereocenters. The van der Waals surface area contributed by atoms with E-state index in [0.29, 0.717) is 17.4 Å². The van der Waals surface area contributed by atoms with Crippen LogP contribution in [0.1, 0.15) is 36.5 Å². The van der Waals surface area contributed by atoms with Gasteiger partial charge >= 0.3 is 0 Å². The monoisotopic (exact) mass is 303 g/mol. The van der Waals surface area contributed by atoms with Crippen molar-refractivity contribution in [3.05, 3.63) is 65.2 Å². The van der Waals surface area contributed by atoms with E-state index in [1.54, 1.807) is 6.07 Å². The standard InChI is InChI=1S/C17H21NO2S/c1-13(2)16-10-9-14(3)17(11-16)21(19,20)18-12-15-7-5-4-6-8-15/h4-11,13,18H,12H2,1-3H3. The molecule has 0 aliphatic carbocycles. The molecule has 3 nitrogen and oxygen atoms in total. The number of rotatable bonds is 5. The fourth-order valence-corrected chi connectivity index (χ4v) is 3.41. The van der Waals surface area contributed by atoms with Gasteiger partial charge in [-0.1, -0.05) is 56.3 Å². The number of nitrogens with one attached hydrogen (secondary N) is 1. The van der Waals surface area contributed by atoms with E-state index in [4.69, 9.17) is 0 Å². The second kappa shape index (κ2) is 6.41. The lowest BCUT2D eigenvalue weighted by Crippen LogP contribution is -2.24. The summed E-state index contributed by atoms with van der Waals surface area (Å²) in [7, 11) is -3.50. The number of sulfonamides is 1. The number of aryl methyl sites for hydroxylation is 1. The van der Waals surface area contributed by atoms with E-state index in [-0.39, 0.29) is 0 Å². The summed E-state index contributed by atoms with van der Waals surface area (Å²) in [5, 5.41) is 0. The third-order valence-electron chi connectivity index (χ3n) is 3.48. The van der Waals surface area contributed by atoms with Gasteiger partial charge in [0.15, 0.2) is 0 Å². The summed E-state index contributed by atoms with van der Waals surface area (Å²) >= 11 is 0. The van der Waals surface area contributed by atoms with Crippen molar-refractivity contribution in [3.63, 3.8) is 0 Å². The predicted octanol–water partition coefficient (Wildman–Crippen LogP) is 3.60. The molecule has 0 bridgehead atoms. The van der Waals surface area contributed by atoms with E-state index in [1.165, 1.54) is 0 Å². The van der Waals surface area contributed by atoms with E-state index in [2.05, 4.69) is 18.6 Å². The van der Waals surface area contributed by atoms with Crippen molar-refractivity contribution < 1.29 is 8.42 Å². The van der Waals surface area contributed by atoms with Crippen molar-refractivity contribution >= 4 is 10.0 Å². The van der Waals surface area contributed by atoms with Gasteiger partial charge in [0.25, 0.3) is 0 Å². The average Bonchev–Trinajstić information content (AvgIpc) is 2.46. The van der Waals surface area contributed by atoms with E-state index < -0.39 is 10.0 Å². The van der Waals surface area contributed by atoms with E-state index in [9.17, 15) is 8.42 Å². The van der Waals surface area contributed by atoms with Crippen LogP contribution in [0.4, 0.5) is 0 Å². The molecule has 21 heavy (non-hydrogen) atoms. The van der Waals surface area contributed by atoms with Gasteiger partial charge in [0, 0.05) is 6.54 Å². The van der Waals surface area contributed by atoms with E-state index in [0.717, 1.165) is 16.7 Å². The van der Waals surface area contributed by atoms with Gasteiger partial charge in [-0.3, -0.25) is 0 Å². The summed E-state index contributed by atoms with van der Waals surface area (Å²) in [4.78, 5) is 0.365. The molecule has 0 aromatic heterocycles. The average molecular weight is 303 g/mol. The molecule has 0 fully saturated rings. The SMILES string of the molecule is Cc1ccc(C(C)C)cc1S(=O)(=O)NCc1ccccc1. The first-order valence-electron chi connectivity index (χ1n) is 7.04. The molecule has 0 aliphatic heterocycles. The summed E-state index contributed by atoms with van der Waals surface area (Å²) in [5.41, 5.74) is 2.74. The van der Waals surface area contributed by atoms with Gasteiger partial charge in [0.05, 0.1) is 4.90 Å². The molecule has 0 saturated heterocycles. The van der Waals surface area contributed by atoms with Crippen LogP contribution in [0, 0.1) is 6.92 Å². The smallest absolute Gasteiger partial charge is 0.207 e. The van der Waals surface area contributed by atoms with Gasteiger partial charge in [0.2, 0.25) is 10.0 Å². The lowest BCUT2D eigenvalue weighted by atomic mass is 10.0. The highest BCUT2D eigenvalue weighted by molar-refractivity contribution is 7.89. The topological polar surface area (TPSA) is 46.2 Å². The van der Waals surface area contributed by atoms with Crippen LogP contribution in [0.2, 0.25) is 0 Å². The van der Waals surface area contributed by atoms with Crippen LogP contribution in [0.3, 0.4) is 0 Å². The van der Waals surface area contributed by atoms with Gasteiger partial charge < -0.3 is 0 Å². The van der Waals surface area contributed by atoms with E-state index >= 15 is 0 Å². The minimum Gasteiger partial charge on any atom is -0.207 e. The van der Waals surface area contributed by atoms with Crippen LogP contribution < -0.4 is 4.72 Å². The predicted molar refractivity (Wildman–Crippen MR) is 85.7 cm³/mol. The Morgan fingerprint density at radius 3 is 2.33 bits per heavy atom. The fraction of sp³-hybridized carbons (Fsp3) is 0.294. The zero-order valence-electron chi connectivity index (χ0n) is 12.6. The lowest BCUT2D eigenvalue weighted by Gasteiger charge is -2.13. The first kappa shape index (κ1) is 15.7. The van der Waals surface area contributed by atoms with Crippen molar-refractivity contribution in [2.24, 2.45) is 0 Å². The quantitative estimate of drug-likeness (QED) is 0.917. The Hall–Kier alpha value is -1.65. The van der Waals surface area contributed by atoms with Crippen molar-refractivity contribution in [2.45, 2.75) is 38.1 Å². The molecule has 0 spiro atoms. The Balaban J connectivity index is 2.25. The summed E-state index contributed by atoms with van der Waals surface area (Å²) in [5.74, 6) is 0.300. The minimum atomic E-state index is -3.50. The zero-order chi connectivity index (χ0) is 15.5. The first-order chi connectivity index (χ1) is 9.90. The maximum absolute atomic E-state index is 12.5. The molecular formula is C17H21NO2S. The summed E-state index contributed by atoms with van der Waals surface area (Å²) in [6.45, 7) is 6.23. The molecule has 112 valence electrons. The second-order valence-corrected chi connectivity index (χ2v) is 7.23. The number of benzene rings is 2. The highest BCUT2D eigenvalue weighted by Gasteiger charge is 2.17. The van der Waals surface area contributed by atoms with Gasteiger partial charge in [-0.15, -0.1) is 0 Å². The fourth-order valence-electron chi connectivity index (χ4n) is 2.12. The van der Waals surface area contributed by atoms with Crippen LogP contribution in [-0.2, 0) is 16.6 Å².